The second-order valence-corrected chi connectivity index (χ2v) is 9.48. The Hall–Kier alpha value is -2.86. The summed E-state index contributed by atoms with van der Waals surface area (Å²) >= 11 is 6.04. The van der Waals surface area contributed by atoms with Crippen molar-refractivity contribution in [3.05, 3.63) is 65.4 Å². The first kappa shape index (κ1) is 19.8. The Morgan fingerprint density at radius 1 is 1.03 bits per heavy atom. The van der Waals surface area contributed by atoms with Crippen LogP contribution in [0.1, 0.15) is 55.0 Å². The number of ether oxygens (including phenoxy) is 1. The van der Waals surface area contributed by atoms with E-state index in [0.717, 1.165) is 35.4 Å². The molecule has 2 fully saturated rings. The average molecular weight is 446 g/mol. The molecule has 2 aromatic carbocycles. The molecule has 3 aliphatic rings. The van der Waals surface area contributed by atoms with Gasteiger partial charge in [-0.1, -0.05) is 55.7 Å². The second kappa shape index (κ2) is 7.62. The van der Waals surface area contributed by atoms with Crippen molar-refractivity contribution in [2.24, 2.45) is 0 Å². The number of carbonyl (C=O) groups excluding carboxylic acids is 1. The largest absolute Gasteiger partial charge is 0.496 e. The van der Waals surface area contributed by atoms with Gasteiger partial charge < -0.3 is 14.6 Å². The lowest BCUT2D eigenvalue weighted by atomic mass is 9.88. The van der Waals surface area contributed by atoms with Crippen LogP contribution in [0.5, 0.6) is 5.75 Å². The third kappa shape index (κ3) is 2.82. The second-order valence-electron chi connectivity index (χ2n) is 9.12. The highest BCUT2D eigenvalue weighted by Gasteiger charge is 2.52. The molecule has 6 rings (SSSR count). The van der Waals surface area contributed by atoms with Crippen LogP contribution in [0, 0.1) is 0 Å². The van der Waals surface area contributed by atoms with Gasteiger partial charge in [-0.25, -0.2) is 0 Å². The maximum Gasteiger partial charge on any atom is 0.252 e. The number of thiocarbonyl (C=S) groups is 1. The smallest absolute Gasteiger partial charge is 0.252 e. The predicted molar refractivity (Wildman–Crippen MR) is 129 cm³/mol. The van der Waals surface area contributed by atoms with Gasteiger partial charge in [-0.15, -0.1) is 0 Å². The van der Waals surface area contributed by atoms with Crippen molar-refractivity contribution in [1.82, 2.24) is 14.8 Å². The summed E-state index contributed by atoms with van der Waals surface area (Å²) in [5.41, 5.74) is 4.47. The number of hydrogen-bond acceptors (Lipinski definition) is 3. The molecule has 1 amide bonds. The molecule has 2 aliphatic heterocycles. The van der Waals surface area contributed by atoms with E-state index in [0.29, 0.717) is 11.5 Å². The van der Waals surface area contributed by atoms with Crippen LogP contribution in [0.3, 0.4) is 0 Å². The van der Waals surface area contributed by atoms with Crippen LogP contribution >= 0.6 is 12.2 Å². The molecular weight excluding hydrogens is 418 g/mol. The number of benzene rings is 2. The number of para-hydroxylation sites is 2. The van der Waals surface area contributed by atoms with E-state index in [1.54, 1.807) is 7.11 Å². The van der Waals surface area contributed by atoms with E-state index in [9.17, 15) is 4.79 Å². The minimum Gasteiger partial charge on any atom is -0.496 e. The van der Waals surface area contributed by atoms with Gasteiger partial charge in [0.15, 0.2) is 5.11 Å². The highest BCUT2D eigenvalue weighted by atomic mass is 32.1. The van der Waals surface area contributed by atoms with Gasteiger partial charge in [0.1, 0.15) is 17.8 Å². The van der Waals surface area contributed by atoms with Crippen LogP contribution in [0.4, 0.5) is 0 Å². The first-order valence-electron chi connectivity index (χ1n) is 11.6. The van der Waals surface area contributed by atoms with Gasteiger partial charge in [0.05, 0.1) is 7.11 Å². The topological polar surface area (TPSA) is 48.6 Å². The maximum absolute atomic E-state index is 13.8. The zero-order chi connectivity index (χ0) is 21.8. The number of fused-ring (bicyclic) bond motifs is 4. The zero-order valence-corrected chi connectivity index (χ0v) is 19.0. The number of aromatic nitrogens is 1. The van der Waals surface area contributed by atoms with Crippen molar-refractivity contribution >= 4 is 34.1 Å². The quantitative estimate of drug-likeness (QED) is 0.580. The molecule has 6 heteroatoms. The van der Waals surface area contributed by atoms with Crippen molar-refractivity contribution in [3.8, 4) is 5.75 Å². The van der Waals surface area contributed by atoms with Gasteiger partial charge in [-0.2, -0.15) is 0 Å². The Bertz CT molecular complexity index is 1210. The number of carbonyl (C=O) groups is 1. The van der Waals surface area contributed by atoms with Crippen molar-refractivity contribution < 1.29 is 9.53 Å². The van der Waals surface area contributed by atoms with Crippen LogP contribution in [0.2, 0.25) is 0 Å². The summed E-state index contributed by atoms with van der Waals surface area (Å²) in [6.07, 6.45) is 6.34. The highest BCUT2D eigenvalue weighted by molar-refractivity contribution is 7.80. The predicted octanol–water partition coefficient (Wildman–Crippen LogP) is 4.95. The normalized spacial score (nSPS) is 23.5. The van der Waals surface area contributed by atoms with Crippen LogP contribution in [0.25, 0.3) is 10.9 Å². The van der Waals surface area contributed by atoms with Crippen LogP contribution in [0.15, 0.2) is 48.5 Å². The minimum absolute atomic E-state index is 0.165. The Kier molecular flexibility index (Phi) is 4.72. The lowest BCUT2D eigenvalue weighted by Crippen LogP contribution is -2.44. The molecule has 32 heavy (non-hydrogen) atoms. The molecule has 3 heterocycles. The third-order valence-corrected chi connectivity index (χ3v) is 7.86. The fourth-order valence-corrected chi connectivity index (χ4v) is 6.46. The standard InChI is InChI=1S/C26H27N3O2S/c1-31-22-14-8-6-12-18(22)24-23-19(17-11-5-7-13-20(17)27-23)15-21-25(30)28(26(32)29(21)24)16-9-3-2-4-10-16/h5-8,11-14,16,21,24,27H,2-4,9-10,15H2,1H3. The van der Waals surface area contributed by atoms with Crippen LogP contribution < -0.4 is 4.74 Å². The fraction of sp³-hybridized carbons (Fsp3) is 0.385. The summed E-state index contributed by atoms with van der Waals surface area (Å²) in [5.74, 6) is 0.979. The number of rotatable bonds is 3. The lowest BCUT2D eigenvalue weighted by molar-refractivity contribution is -0.130. The molecule has 1 N–H and O–H groups in total. The highest BCUT2D eigenvalue weighted by Crippen LogP contribution is 2.47. The zero-order valence-electron chi connectivity index (χ0n) is 18.2. The number of methoxy groups -OCH3 is 1. The Balaban J connectivity index is 1.53. The van der Waals surface area contributed by atoms with Gasteiger partial charge in [-0.05, 0) is 42.8 Å². The van der Waals surface area contributed by atoms with Crippen molar-refractivity contribution in [2.45, 2.75) is 56.7 Å². The minimum atomic E-state index is -0.272. The van der Waals surface area contributed by atoms with Crippen molar-refractivity contribution in [3.63, 3.8) is 0 Å². The third-order valence-electron chi connectivity index (χ3n) is 7.45. The molecule has 1 aliphatic carbocycles. The molecule has 5 nitrogen and oxygen atoms in total. The van der Waals surface area contributed by atoms with E-state index in [2.05, 4.69) is 34.1 Å². The molecule has 3 aromatic rings. The number of nitrogens with one attached hydrogen (secondary N) is 1. The van der Waals surface area contributed by atoms with E-state index in [-0.39, 0.29) is 24.0 Å². The van der Waals surface area contributed by atoms with Gasteiger partial charge in [0, 0.05) is 34.6 Å². The van der Waals surface area contributed by atoms with Gasteiger partial charge in [-0.3, -0.25) is 9.69 Å². The van der Waals surface area contributed by atoms with E-state index in [4.69, 9.17) is 17.0 Å². The van der Waals surface area contributed by atoms with Crippen molar-refractivity contribution in [2.75, 3.05) is 7.11 Å². The Labute approximate surface area is 193 Å². The average Bonchev–Trinajstić information content (AvgIpc) is 3.33. The monoisotopic (exact) mass is 445 g/mol. The Morgan fingerprint density at radius 3 is 2.59 bits per heavy atom. The number of nitrogens with zero attached hydrogens (tertiary/aromatic N) is 2. The number of H-pyrrole nitrogens is 1. The maximum atomic E-state index is 13.8. The van der Waals surface area contributed by atoms with Gasteiger partial charge in [0.2, 0.25) is 0 Å². The van der Waals surface area contributed by atoms with Crippen LogP contribution in [-0.4, -0.2) is 45.0 Å². The molecule has 164 valence electrons. The van der Waals surface area contributed by atoms with Crippen molar-refractivity contribution in [1.29, 1.82) is 0 Å². The summed E-state index contributed by atoms with van der Waals surface area (Å²) in [4.78, 5) is 21.6. The summed E-state index contributed by atoms with van der Waals surface area (Å²) in [7, 11) is 1.70. The van der Waals surface area contributed by atoms with Gasteiger partial charge in [0.25, 0.3) is 5.91 Å². The number of hydrogen-bond donors (Lipinski definition) is 1. The lowest BCUT2D eigenvalue weighted by Gasteiger charge is -2.38. The molecule has 1 saturated heterocycles. The number of amides is 1. The summed E-state index contributed by atoms with van der Waals surface area (Å²) in [6, 6.07) is 16.2. The van der Waals surface area contributed by atoms with Gasteiger partial charge >= 0.3 is 0 Å². The molecule has 2 atom stereocenters. The van der Waals surface area contributed by atoms with Crippen LogP contribution in [-0.2, 0) is 11.2 Å². The first-order valence-corrected chi connectivity index (χ1v) is 12.0. The summed E-state index contributed by atoms with van der Waals surface area (Å²) in [5, 5.41) is 1.86. The molecule has 0 spiro atoms. The molecular formula is C26H27N3O2S. The molecule has 0 bridgehead atoms. The Morgan fingerprint density at radius 2 is 1.78 bits per heavy atom. The molecule has 1 aromatic heterocycles. The van der Waals surface area contributed by atoms with E-state index >= 15 is 0 Å². The summed E-state index contributed by atoms with van der Waals surface area (Å²) in [6.45, 7) is 0. The fourth-order valence-electron chi connectivity index (χ4n) is 5.99. The summed E-state index contributed by atoms with van der Waals surface area (Å²) < 4.78 is 5.76. The van der Waals surface area contributed by atoms with E-state index in [1.165, 1.54) is 30.2 Å². The number of aromatic amines is 1. The molecule has 2 unspecified atom stereocenters. The van der Waals surface area contributed by atoms with E-state index < -0.39 is 0 Å². The first-order chi connectivity index (χ1) is 15.7. The molecule has 0 radical (unpaired) electrons. The molecule has 1 saturated carbocycles. The van der Waals surface area contributed by atoms with E-state index in [1.807, 2.05) is 29.2 Å². The SMILES string of the molecule is COc1ccccc1C1c2[nH]c3ccccc3c2CC2C(=O)N(C3CCCCC3)C(=S)N21.